The number of anilines is 2. The number of urea groups is 1. The number of aliphatic hydroxyl groups excluding tert-OH is 1. The molecular weight excluding hydrogens is 1290 g/mol. The summed E-state index contributed by atoms with van der Waals surface area (Å²) in [7, 11) is -1.98. The van der Waals surface area contributed by atoms with Gasteiger partial charge in [-0.05, 0) is 67.3 Å². The average molecular weight is 1360 g/mol. The highest BCUT2D eigenvalue weighted by atomic mass is 32.7. The van der Waals surface area contributed by atoms with Crippen molar-refractivity contribution in [1.82, 2.24) is 55.2 Å². The molecule has 33 nitrogen and oxygen atoms in total. The minimum absolute atomic E-state index is 0.0746. The van der Waals surface area contributed by atoms with E-state index in [-0.39, 0.29) is 98.9 Å². The molecule has 9 amide bonds. The number of hydrogen-bond acceptors (Lipinski definition) is 23. The summed E-state index contributed by atoms with van der Waals surface area (Å²) in [5, 5.41) is 24.8. The van der Waals surface area contributed by atoms with Crippen molar-refractivity contribution >= 4 is 97.7 Å². The van der Waals surface area contributed by atoms with Crippen LogP contribution in [0.15, 0.2) is 90.4 Å². The van der Waals surface area contributed by atoms with E-state index in [2.05, 4.69) is 63.8 Å². The SMILES string of the molecule is CC(C)C(NC(=O)CCCCCN1C(=O)C=CC1=O)C(=O)N[C@@H](CCCNC(N)=O)C(=O)Nc1ccc(COC(=O)N(C)Cc2ccccc2C(=O)Nc2nc3c(ncn3[C@@H]3O[C@@H]4CO[P@@](=O)(S)O[C@H]5C[C@H](Oc6ccncn6)C[C@@H]5CO[PH](=O)O[C@@H]3[C@@H]4O)c(=O)[nH]2)cc1. The highest BCUT2D eigenvalue weighted by molar-refractivity contribution is 8.44. The van der Waals surface area contributed by atoms with Crippen LogP contribution < -0.4 is 42.6 Å². The van der Waals surface area contributed by atoms with E-state index in [1.165, 1.54) is 53.6 Å². The van der Waals surface area contributed by atoms with Gasteiger partial charge in [0.05, 0.1) is 25.6 Å². The Morgan fingerprint density at radius 2 is 1.70 bits per heavy atom. The lowest BCUT2D eigenvalue weighted by Crippen LogP contribution is -2.54. The van der Waals surface area contributed by atoms with E-state index in [0.717, 1.165) is 4.90 Å². The molecule has 0 spiro atoms. The van der Waals surface area contributed by atoms with Gasteiger partial charge in [-0.15, -0.1) is 0 Å². The first-order valence-electron chi connectivity index (χ1n) is 30.0. The summed E-state index contributed by atoms with van der Waals surface area (Å²) in [4.78, 5) is 138. The van der Waals surface area contributed by atoms with Gasteiger partial charge >= 0.3 is 27.2 Å². The van der Waals surface area contributed by atoms with Crippen molar-refractivity contribution in [3.63, 3.8) is 0 Å². The number of benzene rings is 2. The van der Waals surface area contributed by atoms with Crippen LogP contribution in [0.3, 0.4) is 0 Å². The zero-order chi connectivity index (χ0) is 67.2. The van der Waals surface area contributed by atoms with E-state index in [1.54, 1.807) is 62.4 Å². The third-order valence-electron chi connectivity index (χ3n) is 15.6. The standard InChI is InChI=1S/C58H72N14O19P2S/c1-32(2)46(66-42(73)13-5-4-8-23-71-44(74)18-19-45(71)75)53(79)65-39(12-9-21-61-56(59)81)52(78)64-36-16-14-33(15-17-36)27-85-58(82)70(3)26-34-10-6-7-11-38(34)51(77)68-57-67-50-47(54(80)69-57)63-31-72(50)55-49-48(76)41(89-55)29-87-93(84,94)91-40-25-37(88-43-20-22-60-30-62-43)24-35(40)28-86-92(83)90-49/h6-7,10-11,14-20,22,30-32,35,37,39-41,46,48-49,55,76,92H,4-5,8-9,12-13,21,23-29H2,1-3H3,(H,64,78)(H,65,79)(H,66,73)(H,84,94)(H3,59,61,81)(H2,67,68,69,77,80)/t35-,37-,39+,40+,41-,46?,48-,49-,55-,93-/m1/s1. The second-order valence-corrected chi connectivity index (χ2v) is 26.7. The predicted molar refractivity (Wildman–Crippen MR) is 335 cm³/mol. The number of primary amides is 1. The number of rotatable bonds is 25. The number of ether oxygens (including phenoxy) is 3. The van der Waals surface area contributed by atoms with Gasteiger partial charge in [-0.2, -0.15) is 4.98 Å². The van der Waals surface area contributed by atoms with Gasteiger partial charge < -0.3 is 55.7 Å². The van der Waals surface area contributed by atoms with Crippen molar-refractivity contribution in [1.29, 1.82) is 0 Å². The molecule has 2 bridgehead atoms. The number of thiol groups is 1. The zero-order valence-electron chi connectivity index (χ0n) is 51.2. The number of nitrogens with zero attached hydrogens (tertiary/aromatic N) is 7. The third-order valence-corrected chi connectivity index (χ3v) is 18.1. The number of H-pyrrole nitrogens is 1. The first-order chi connectivity index (χ1) is 45.0. The van der Waals surface area contributed by atoms with Gasteiger partial charge in [-0.25, -0.2) is 29.1 Å². The molecular formula is C58H72N14O19P2S. The lowest BCUT2D eigenvalue weighted by molar-refractivity contribution is -0.137. The summed E-state index contributed by atoms with van der Waals surface area (Å²) in [5.74, 6) is -4.07. The molecule has 6 heterocycles. The molecule has 2 unspecified atom stereocenters. The van der Waals surface area contributed by atoms with E-state index in [0.29, 0.717) is 48.4 Å². The fourth-order valence-corrected chi connectivity index (χ4v) is 13.2. The Bertz CT molecular complexity index is 3740. The number of nitrogens with one attached hydrogen (secondary N) is 6. The number of aliphatic hydroxyl groups is 1. The number of unbranched alkanes of at least 4 members (excludes halogenated alkanes) is 2. The van der Waals surface area contributed by atoms with Gasteiger partial charge in [0.15, 0.2) is 17.4 Å². The van der Waals surface area contributed by atoms with Crippen molar-refractivity contribution in [2.45, 2.75) is 127 Å². The van der Waals surface area contributed by atoms with Gasteiger partial charge in [0.25, 0.3) is 23.3 Å². The summed E-state index contributed by atoms with van der Waals surface area (Å²) >= 11 is 4.20. The third kappa shape index (κ3) is 18.7. The fourth-order valence-electron chi connectivity index (χ4n) is 10.8. The molecule has 4 aliphatic rings. The largest absolute Gasteiger partial charge is 0.474 e. The maximum Gasteiger partial charge on any atom is 0.410 e. The van der Waals surface area contributed by atoms with E-state index >= 15 is 0 Å². The molecule has 3 aliphatic heterocycles. The molecule has 9 N–H and O–H groups in total. The van der Waals surface area contributed by atoms with Gasteiger partial charge in [-0.1, -0.05) is 62.8 Å². The zero-order valence-corrected chi connectivity index (χ0v) is 53.9. The van der Waals surface area contributed by atoms with Gasteiger partial charge in [0, 0.05) is 81.1 Å². The fraction of sp³-hybridized carbons (Fsp3) is 0.466. The molecule has 0 radical (unpaired) electrons. The van der Waals surface area contributed by atoms with Crippen molar-refractivity contribution in [2.24, 2.45) is 17.6 Å². The van der Waals surface area contributed by atoms with Crippen molar-refractivity contribution in [3.05, 3.63) is 113 Å². The number of amides is 9. The van der Waals surface area contributed by atoms with Crippen LogP contribution in [0.4, 0.5) is 21.2 Å². The van der Waals surface area contributed by atoms with Crippen molar-refractivity contribution in [3.8, 4) is 5.88 Å². The Morgan fingerprint density at radius 3 is 2.44 bits per heavy atom. The second-order valence-electron chi connectivity index (χ2n) is 22.8. The predicted octanol–water partition coefficient (Wildman–Crippen LogP) is 3.79. The normalized spacial score (nSPS) is 23.4. The number of fused-ring (bicyclic) bond motifs is 4. The lowest BCUT2D eigenvalue weighted by Gasteiger charge is -2.25. The van der Waals surface area contributed by atoms with Crippen LogP contribution in [0.1, 0.15) is 92.9 Å². The van der Waals surface area contributed by atoms with E-state index in [1.807, 2.05) is 0 Å². The molecule has 3 aromatic heterocycles. The Labute approximate surface area is 542 Å². The summed E-state index contributed by atoms with van der Waals surface area (Å²) in [6.07, 6.45) is 1.03. The van der Waals surface area contributed by atoms with E-state index in [4.69, 9.17) is 38.0 Å². The van der Waals surface area contributed by atoms with Crippen LogP contribution in [-0.2, 0) is 73.8 Å². The highest BCUT2D eigenvalue weighted by Gasteiger charge is 2.49. The first kappa shape index (κ1) is 69.9. The number of carbonyl (C=O) groups excluding carboxylic acids is 8. The molecule has 94 heavy (non-hydrogen) atoms. The van der Waals surface area contributed by atoms with Gasteiger partial charge in [-0.3, -0.25) is 71.5 Å². The Balaban J connectivity index is 0.778. The summed E-state index contributed by atoms with van der Waals surface area (Å²) in [6, 6.07) is 11.3. The van der Waals surface area contributed by atoms with Crippen LogP contribution in [0.25, 0.3) is 11.2 Å². The first-order valence-corrected chi connectivity index (χ1v) is 34.0. The average Bonchev–Trinajstić information content (AvgIpc) is 1.60. The van der Waals surface area contributed by atoms with Crippen molar-refractivity contribution < 1.29 is 84.9 Å². The topological polar surface area (TPSA) is 438 Å². The molecule has 5 aromatic rings. The van der Waals surface area contributed by atoms with Crippen LogP contribution >= 0.6 is 27.3 Å². The molecule has 3 fully saturated rings. The number of carbonyl (C=O) groups is 8. The molecule has 9 rings (SSSR count). The minimum atomic E-state index is -4.16. The van der Waals surface area contributed by atoms with E-state index in [9.17, 15) is 57.4 Å². The quantitative estimate of drug-likeness (QED) is 0.0174. The Hall–Kier alpha value is -8.46. The molecule has 2 aromatic carbocycles. The monoisotopic (exact) mass is 1360 g/mol. The number of imidazole rings is 1. The van der Waals surface area contributed by atoms with E-state index < -0.39 is 118 Å². The number of hydrogen-bond donors (Lipinski definition) is 9. The maximum atomic E-state index is 14.0. The lowest BCUT2D eigenvalue weighted by atomic mass is 10.0. The molecule has 11 atom stereocenters. The van der Waals surface area contributed by atoms with Crippen LogP contribution in [-0.4, -0.2) is 168 Å². The summed E-state index contributed by atoms with van der Waals surface area (Å²) < 4.78 is 69.2. The highest BCUT2D eigenvalue weighted by Crippen LogP contribution is 2.57. The molecule has 2 saturated heterocycles. The Kier molecular flexibility index (Phi) is 23.9. The second kappa shape index (κ2) is 32.1. The molecule has 36 heteroatoms. The minimum Gasteiger partial charge on any atom is -0.474 e. The van der Waals surface area contributed by atoms with Crippen LogP contribution in [0, 0.1) is 11.8 Å². The molecule has 1 saturated carbocycles. The number of imide groups is 1. The van der Waals surface area contributed by atoms with Crippen molar-refractivity contribution in [2.75, 3.05) is 44.0 Å². The number of nitrogens with two attached hydrogens (primary N) is 1. The molecule has 1 aliphatic carbocycles. The number of aromatic nitrogens is 6. The van der Waals surface area contributed by atoms with Crippen LogP contribution in [0.2, 0.25) is 0 Å². The van der Waals surface area contributed by atoms with Gasteiger partial charge in [0.1, 0.15) is 49.4 Å². The summed E-state index contributed by atoms with van der Waals surface area (Å²) in [5.41, 5.74) is 5.34. The van der Waals surface area contributed by atoms with Gasteiger partial charge in [0.2, 0.25) is 29.5 Å². The van der Waals surface area contributed by atoms with Crippen LogP contribution in [0.5, 0.6) is 5.88 Å². The Morgan fingerprint density at radius 1 is 0.936 bits per heavy atom. The smallest absolute Gasteiger partial charge is 0.410 e. The number of aromatic amines is 1. The maximum absolute atomic E-state index is 14.0. The molecule has 504 valence electrons. The summed E-state index contributed by atoms with van der Waals surface area (Å²) in [6.45, 7) is -1.45.